The van der Waals surface area contributed by atoms with Gasteiger partial charge in [0, 0.05) is 31.4 Å². The van der Waals surface area contributed by atoms with Gasteiger partial charge in [0.25, 0.3) is 5.91 Å². The van der Waals surface area contributed by atoms with E-state index in [4.69, 9.17) is 0 Å². The molecule has 1 aliphatic heterocycles. The molecular weight excluding hydrogens is 350 g/mol. The summed E-state index contributed by atoms with van der Waals surface area (Å²) in [5.74, 6) is 0.377. The maximum Gasteiger partial charge on any atom is 0.275 e. The smallest absolute Gasteiger partial charge is 0.275 e. The number of likely N-dealkylation sites (tertiary alicyclic amines) is 1. The van der Waals surface area contributed by atoms with E-state index < -0.39 is 5.60 Å². The molecule has 1 N–H and O–H groups in total. The van der Waals surface area contributed by atoms with E-state index in [0.29, 0.717) is 24.7 Å². The SMILES string of the molecule is Cn1nc(C(=O)N2C[C@H]3CCC[C@](O)(c4ccccc4)[C@H]3C2)c2ccccc21. The lowest BCUT2D eigenvalue weighted by Gasteiger charge is -2.41. The standard InChI is InChI=1S/C23H25N3O2/c1-25-20-12-6-5-11-18(20)21(24-25)22(27)26-14-16-8-7-13-23(28,19(16)15-26)17-9-3-2-4-10-17/h2-6,9-12,16,19,28H,7-8,13-15H2,1H3/t16-,19+,23+/m1/s1. The molecule has 2 aliphatic rings. The molecule has 0 spiro atoms. The molecule has 5 nitrogen and oxygen atoms in total. The number of hydrogen-bond acceptors (Lipinski definition) is 3. The van der Waals surface area contributed by atoms with Crippen molar-refractivity contribution in [2.24, 2.45) is 18.9 Å². The summed E-state index contributed by atoms with van der Waals surface area (Å²) in [6.07, 6.45) is 2.81. The molecule has 0 radical (unpaired) electrons. The van der Waals surface area contributed by atoms with E-state index in [1.165, 1.54) is 0 Å². The predicted molar refractivity (Wildman–Crippen MR) is 108 cm³/mol. The summed E-state index contributed by atoms with van der Waals surface area (Å²) < 4.78 is 1.77. The number of fused-ring (bicyclic) bond motifs is 2. The molecule has 2 fully saturated rings. The third-order valence-electron chi connectivity index (χ3n) is 6.71. The maximum absolute atomic E-state index is 13.3. The Hall–Kier alpha value is -2.66. The summed E-state index contributed by atoms with van der Waals surface area (Å²) in [6, 6.07) is 17.8. The number of benzene rings is 2. The first-order valence-corrected chi connectivity index (χ1v) is 10.1. The van der Waals surface area contributed by atoms with Gasteiger partial charge in [-0.15, -0.1) is 0 Å². The highest BCUT2D eigenvalue weighted by molar-refractivity contribution is 6.04. The second-order valence-corrected chi connectivity index (χ2v) is 8.25. The summed E-state index contributed by atoms with van der Waals surface area (Å²) >= 11 is 0. The van der Waals surface area contributed by atoms with Crippen LogP contribution in [0, 0.1) is 11.8 Å². The Morgan fingerprint density at radius 1 is 1.11 bits per heavy atom. The fourth-order valence-electron chi connectivity index (χ4n) is 5.30. The van der Waals surface area contributed by atoms with Crippen LogP contribution in [0.15, 0.2) is 54.6 Å². The van der Waals surface area contributed by atoms with Gasteiger partial charge in [-0.25, -0.2) is 0 Å². The van der Waals surface area contributed by atoms with Gasteiger partial charge in [-0.1, -0.05) is 48.5 Å². The van der Waals surface area contributed by atoms with Crippen LogP contribution in [0.1, 0.15) is 35.3 Å². The van der Waals surface area contributed by atoms with Crippen molar-refractivity contribution in [1.29, 1.82) is 0 Å². The van der Waals surface area contributed by atoms with Crippen LogP contribution in [0.5, 0.6) is 0 Å². The van der Waals surface area contributed by atoms with E-state index in [1.807, 2.05) is 66.5 Å². The number of amides is 1. The first-order valence-electron chi connectivity index (χ1n) is 10.1. The molecule has 0 bridgehead atoms. The van der Waals surface area contributed by atoms with Crippen LogP contribution in [0.25, 0.3) is 10.9 Å². The second-order valence-electron chi connectivity index (χ2n) is 8.25. The van der Waals surface area contributed by atoms with Crippen molar-refractivity contribution in [3.05, 3.63) is 65.9 Å². The predicted octanol–water partition coefficient (Wildman–Crippen LogP) is 3.33. The van der Waals surface area contributed by atoms with Gasteiger partial charge in [0.15, 0.2) is 5.69 Å². The van der Waals surface area contributed by atoms with Crippen molar-refractivity contribution in [2.45, 2.75) is 24.9 Å². The largest absolute Gasteiger partial charge is 0.385 e. The third-order valence-corrected chi connectivity index (χ3v) is 6.71. The minimum atomic E-state index is -0.856. The maximum atomic E-state index is 13.3. The van der Waals surface area contributed by atoms with Crippen LogP contribution in [-0.2, 0) is 12.6 Å². The van der Waals surface area contributed by atoms with Crippen molar-refractivity contribution < 1.29 is 9.90 Å². The number of aromatic nitrogens is 2. The summed E-state index contributed by atoms with van der Waals surface area (Å²) in [6.45, 7) is 1.28. The number of aliphatic hydroxyl groups is 1. The molecule has 1 aromatic heterocycles. The van der Waals surface area contributed by atoms with E-state index in [0.717, 1.165) is 35.7 Å². The fourth-order valence-corrected chi connectivity index (χ4v) is 5.30. The lowest BCUT2D eigenvalue weighted by Crippen LogP contribution is -2.42. The zero-order valence-electron chi connectivity index (χ0n) is 16.1. The average molecular weight is 375 g/mol. The third kappa shape index (κ3) is 2.57. The number of rotatable bonds is 2. The fraction of sp³-hybridized carbons (Fsp3) is 0.391. The van der Waals surface area contributed by atoms with Crippen LogP contribution in [0.3, 0.4) is 0 Å². The zero-order chi connectivity index (χ0) is 19.3. The Balaban J connectivity index is 1.46. The molecule has 1 amide bonds. The lowest BCUT2D eigenvalue weighted by atomic mass is 9.67. The number of carbonyl (C=O) groups is 1. The van der Waals surface area contributed by atoms with Crippen molar-refractivity contribution >= 4 is 16.8 Å². The van der Waals surface area contributed by atoms with Crippen molar-refractivity contribution in [3.63, 3.8) is 0 Å². The van der Waals surface area contributed by atoms with Gasteiger partial charge in [-0.3, -0.25) is 9.48 Å². The minimum Gasteiger partial charge on any atom is -0.385 e. The van der Waals surface area contributed by atoms with Gasteiger partial charge in [0.2, 0.25) is 0 Å². The van der Waals surface area contributed by atoms with Crippen LogP contribution in [-0.4, -0.2) is 38.8 Å². The Morgan fingerprint density at radius 3 is 2.68 bits per heavy atom. The van der Waals surface area contributed by atoms with Crippen LogP contribution in [0.2, 0.25) is 0 Å². The Labute approximate surface area is 164 Å². The molecule has 144 valence electrons. The Kier molecular flexibility index (Phi) is 4.02. The Morgan fingerprint density at radius 2 is 1.86 bits per heavy atom. The summed E-state index contributed by atoms with van der Waals surface area (Å²) in [5, 5.41) is 17.0. The summed E-state index contributed by atoms with van der Waals surface area (Å²) in [7, 11) is 1.87. The van der Waals surface area contributed by atoms with Gasteiger partial charge in [-0.2, -0.15) is 5.10 Å². The van der Waals surface area contributed by atoms with Gasteiger partial charge in [0.1, 0.15) is 0 Å². The van der Waals surface area contributed by atoms with Gasteiger partial charge < -0.3 is 10.0 Å². The average Bonchev–Trinajstić information content (AvgIpc) is 3.31. The molecule has 5 rings (SSSR count). The van der Waals surface area contributed by atoms with Crippen LogP contribution >= 0.6 is 0 Å². The molecule has 2 heterocycles. The summed E-state index contributed by atoms with van der Waals surface area (Å²) in [4.78, 5) is 15.2. The molecule has 1 saturated carbocycles. The number of aryl methyl sites for hydroxylation is 1. The molecule has 3 aromatic rings. The quantitative estimate of drug-likeness (QED) is 0.747. The molecule has 28 heavy (non-hydrogen) atoms. The molecule has 0 unspecified atom stereocenters. The molecule has 1 aliphatic carbocycles. The van der Waals surface area contributed by atoms with E-state index >= 15 is 0 Å². The van der Waals surface area contributed by atoms with Crippen molar-refractivity contribution in [2.75, 3.05) is 13.1 Å². The second kappa shape index (κ2) is 6.45. The zero-order valence-corrected chi connectivity index (χ0v) is 16.1. The first-order chi connectivity index (χ1) is 13.6. The number of nitrogens with zero attached hydrogens (tertiary/aromatic N) is 3. The highest BCUT2D eigenvalue weighted by atomic mass is 16.3. The van der Waals surface area contributed by atoms with Gasteiger partial charge in [-0.05, 0) is 36.8 Å². The lowest BCUT2D eigenvalue weighted by molar-refractivity contribution is -0.0644. The van der Waals surface area contributed by atoms with E-state index in [9.17, 15) is 9.90 Å². The normalized spacial score (nSPS) is 27.1. The molecular formula is C23H25N3O2. The number of para-hydroxylation sites is 1. The summed E-state index contributed by atoms with van der Waals surface area (Å²) in [5.41, 5.74) is 1.59. The van der Waals surface area contributed by atoms with Crippen LogP contribution in [0.4, 0.5) is 0 Å². The van der Waals surface area contributed by atoms with Gasteiger partial charge >= 0.3 is 0 Å². The monoisotopic (exact) mass is 375 g/mol. The van der Waals surface area contributed by atoms with E-state index in [-0.39, 0.29) is 11.8 Å². The minimum absolute atomic E-state index is 0.0263. The molecule has 5 heteroatoms. The number of carbonyl (C=O) groups excluding carboxylic acids is 1. The van der Waals surface area contributed by atoms with Gasteiger partial charge in [0.05, 0.1) is 11.1 Å². The Bertz CT molecular complexity index is 1030. The van der Waals surface area contributed by atoms with E-state index in [1.54, 1.807) is 4.68 Å². The van der Waals surface area contributed by atoms with Crippen molar-refractivity contribution in [3.8, 4) is 0 Å². The first kappa shape index (κ1) is 17.4. The van der Waals surface area contributed by atoms with E-state index in [2.05, 4.69) is 5.10 Å². The molecule has 2 aromatic carbocycles. The highest BCUT2D eigenvalue weighted by Gasteiger charge is 2.50. The number of hydrogen-bond donors (Lipinski definition) is 1. The molecule has 1 saturated heterocycles. The van der Waals surface area contributed by atoms with Crippen LogP contribution < -0.4 is 0 Å². The highest BCUT2D eigenvalue weighted by Crippen LogP contribution is 2.48. The molecule has 3 atom stereocenters. The van der Waals surface area contributed by atoms with Crippen molar-refractivity contribution in [1.82, 2.24) is 14.7 Å². The topological polar surface area (TPSA) is 58.4 Å².